The third-order valence-corrected chi connectivity index (χ3v) is 6.53. The summed E-state index contributed by atoms with van der Waals surface area (Å²) >= 11 is 0. The number of carbonyl (C=O) groups is 1. The molecule has 21 heavy (non-hydrogen) atoms. The van der Waals surface area contributed by atoms with Gasteiger partial charge in [0, 0.05) is 18.0 Å². The highest BCUT2D eigenvalue weighted by atomic mass is 16.2. The van der Waals surface area contributed by atoms with E-state index in [1.165, 1.54) is 25.7 Å². The van der Waals surface area contributed by atoms with E-state index in [1.54, 1.807) is 0 Å². The SMILES string of the molecule is CCC1CCCC(NC(=O)C2CCC(N)C(C)C2(C)C)C1. The highest BCUT2D eigenvalue weighted by Gasteiger charge is 2.45. The van der Waals surface area contributed by atoms with Gasteiger partial charge in [0.05, 0.1) is 0 Å². The van der Waals surface area contributed by atoms with Crippen LogP contribution in [0.2, 0.25) is 0 Å². The van der Waals surface area contributed by atoms with Crippen LogP contribution in [0.4, 0.5) is 0 Å². The summed E-state index contributed by atoms with van der Waals surface area (Å²) in [5, 5.41) is 3.36. The molecule has 2 aliphatic carbocycles. The predicted octanol–water partition coefficient (Wildman–Crippen LogP) is 3.47. The molecule has 2 saturated carbocycles. The van der Waals surface area contributed by atoms with E-state index in [0.29, 0.717) is 12.0 Å². The number of hydrogen-bond acceptors (Lipinski definition) is 2. The van der Waals surface area contributed by atoms with Crippen molar-refractivity contribution < 1.29 is 4.79 Å². The Morgan fingerprint density at radius 3 is 2.62 bits per heavy atom. The standard InChI is InChI=1S/C18H34N2O/c1-5-13-7-6-8-14(11-13)20-17(21)15-9-10-16(19)12(2)18(15,3)4/h12-16H,5-11,19H2,1-4H3,(H,20,21). The second-order valence-electron chi connectivity index (χ2n) is 8.05. The molecule has 0 saturated heterocycles. The molecule has 0 aromatic carbocycles. The van der Waals surface area contributed by atoms with Gasteiger partial charge in [0.2, 0.25) is 5.91 Å². The van der Waals surface area contributed by atoms with Gasteiger partial charge in [-0.05, 0) is 42.9 Å². The van der Waals surface area contributed by atoms with Gasteiger partial charge < -0.3 is 11.1 Å². The van der Waals surface area contributed by atoms with Crippen LogP contribution in [0.15, 0.2) is 0 Å². The summed E-state index contributed by atoms with van der Waals surface area (Å²) in [7, 11) is 0. The monoisotopic (exact) mass is 294 g/mol. The van der Waals surface area contributed by atoms with Crippen LogP contribution < -0.4 is 11.1 Å². The van der Waals surface area contributed by atoms with Gasteiger partial charge in [0.25, 0.3) is 0 Å². The largest absolute Gasteiger partial charge is 0.353 e. The second-order valence-corrected chi connectivity index (χ2v) is 8.05. The maximum Gasteiger partial charge on any atom is 0.223 e. The summed E-state index contributed by atoms with van der Waals surface area (Å²) < 4.78 is 0. The van der Waals surface area contributed by atoms with Gasteiger partial charge >= 0.3 is 0 Å². The fourth-order valence-electron chi connectivity index (χ4n) is 4.41. The Labute approximate surface area is 130 Å². The topological polar surface area (TPSA) is 55.1 Å². The fraction of sp³-hybridized carbons (Fsp3) is 0.944. The van der Waals surface area contributed by atoms with Gasteiger partial charge in [-0.2, -0.15) is 0 Å². The Kier molecular flexibility index (Phi) is 5.34. The van der Waals surface area contributed by atoms with Crippen LogP contribution in [0.3, 0.4) is 0 Å². The molecule has 0 aliphatic heterocycles. The molecule has 0 aromatic rings. The number of nitrogens with two attached hydrogens (primary N) is 1. The summed E-state index contributed by atoms with van der Waals surface area (Å²) in [5.74, 6) is 1.60. The van der Waals surface area contributed by atoms with E-state index >= 15 is 0 Å². The van der Waals surface area contributed by atoms with Crippen LogP contribution in [0, 0.1) is 23.2 Å². The average Bonchev–Trinajstić information content (AvgIpc) is 2.45. The van der Waals surface area contributed by atoms with E-state index in [4.69, 9.17) is 5.73 Å². The van der Waals surface area contributed by atoms with Crippen LogP contribution in [0.5, 0.6) is 0 Å². The fourth-order valence-corrected chi connectivity index (χ4v) is 4.41. The minimum Gasteiger partial charge on any atom is -0.353 e. The van der Waals surface area contributed by atoms with Crippen molar-refractivity contribution in [2.45, 2.75) is 84.7 Å². The molecule has 122 valence electrons. The van der Waals surface area contributed by atoms with E-state index in [9.17, 15) is 4.79 Å². The number of nitrogens with one attached hydrogen (secondary N) is 1. The van der Waals surface area contributed by atoms with Crippen molar-refractivity contribution in [1.82, 2.24) is 5.32 Å². The third-order valence-electron chi connectivity index (χ3n) is 6.53. The summed E-state index contributed by atoms with van der Waals surface area (Å²) in [6.45, 7) is 8.91. The lowest BCUT2D eigenvalue weighted by Crippen LogP contribution is -2.53. The molecule has 2 fully saturated rings. The molecule has 0 spiro atoms. The van der Waals surface area contributed by atoms with E-state index in [2.05, 4.69) is 33.0 Å². The summed E-state index contributed by atoms with van der Waals surface area (Å²) in [4.78, 5) is 12.8. The zero-order valence-corrected chi connectivity index (χ0v) is 14.3. The van der Waals surface area contributed by atoms with Crippen LogP contribution in [-0.2, 0) is 4.79 Å². The third kappa shape index (κ3) is 3.61. The lowest BCUT2D eigenvalue weighted by molar-refractivity contribution is -0.133. The van der Waals surface area contributed by atoms with E-state index < -0.39 is 0 Å². The summed E-state index contributed by atoms with van der Waals surface area (Å²) in [6.07, 6.45) is 8.09. The molecular formula is C18H34N2O. The molecule has 1 amide bonds. The van der Waals surface area contributed by atoms with Gasteiger partial charge in [-0.15, -0.1) is 0 Å². The minimum absolute atomic E-state index is 0.000570. The molecule has 3 nitrogen and oxygen atoms in total. The molecule has 2 rings (SSSR count). The van der Waals surface area contributed by atoms with Gasteiger partial charge in [0.15, 0.2) is 0 Å². The van der Waals surface area contributed by atoms with Crippen LogP contribution in [0.1, 0.15) is 72.6 Å². The maximum atomic E-state index is 12.8. The Morgan fingerprint density at radius 2 is 1.95 bits per heavy atom. The molecular weight excluding hydrogens is 260 g/mol. The van der Waals surface area contributed by atoms with Gasteiger partial charge in [-0.1, -0.05) is 47.0 Å². The lowest BCUT2D eigenvalue weighted by atomic mass is 9.61. The molecule has 5 unspecified atom stereocenters. The Bertz CT molecular complexity index is 366. The Hall–Kier alpha value is -0.570. The van der Waals surface area contributed by atoms with Crippen LogP contribution in [-0.4, -0.2) is 18.0 Å². The predicted molar refractivity (Wildman–Crippen MR) is 87.8 cm³/mol. The van der Waals surface area contributed by atoms with Crippen LogP contribution in [0.25, 0.3) is 0 Å². The quantitative estimate of drug-likeness (QED) is 0.837. The van der Waals surface area contributed by atoms with Crippen molar-refractivity contribution in [3.8, 4) is 0 Å². The van der Waals surface area contributed by atoms with Crippen LogP contribution >= 0.6 is 0 Å². The molecule has 0 bridgehead atoms. The molecule has 0 aromatic heterocycles. The van der Waals surface area contributed by atoms with Gasteiger partial charge in [-0.3, -0.25) is 4.79 Å². The summed E-state index contributed by atoms with van der Waals surface area (Å²) in [6, 6.07) is 0.640. The van der Waals surface area contributed by atoms with Gasteiger partial charge in [0.1, 0.15) is 0 Å². The highest BCUT2D eigenvalue weighted by molar-refractivity contribution is 5.80. The molecule has 0 radical (unpaired) electrons. The van der Waals surface area contributed by atoms with Crippen molar-refractivity contribution in [3.05, 3.63) is 0 Å². The Balaban J connectivity index is 1.96. The normalized spacial score (nSPS) is 39.8. The lowest BCUT2D eigenvalue weighted by Gasteiger charge is -2.46. The first-order chi connectivity index (χ1) is 9.86. The average molecular weight is 294 g/mol. The van der Waals surface area contributed by atoms with Crippen molar-refractivity contribution in [2.75, 3.05) is 0 Å². The molecule has 3 N–H and O–H groups in total. The molecule has 3 heteroatoms. The van der Waals surface area contributed by atoms with E-state index in [0.717, 1.165) is 25.2 Å². The van der Waals surface area contributed by atoms with E-state index in [1.807, 2.05) is 0 Å². The number of amides is 1. The van der Waals surface area contributed by atoms with Crippen molar-refractivity contribution >= 4 is 5.91 Å². The first-order valence-corrected chi connectivity index (χ1v) is 8.92. The van der Waals surface area contributed by atoms with E-state index in [-0.39, 0.29) is 23.3 Å². The van der Waals surface area contributed by atoms with Gasteiger partial charge in [-0.25, -0.2) is 0 Å². The number of carbonyl (C=O) groups excluding carboxylic acids is 1. The summed E-state index contributed by atoms with van der Waals surface area (Å²) in [5.41, 5.74) is 6.21. The molecule has 0 heterocycles. The van der Waals surface area contributed by atoms with Crippen molar-refractivity contribution in [3.63, 3.8) is 0 Å². The molecule has 2 aliphatic rings. The number of hydrogen-bond donors (Lipinski definition) is 2. The first kappa shape index (κ1) is 16.8. The van der Waals surface area contributed by atoms with Crippen molar-refractivity contribution in [1.29, 1.82) is 0 Å². The zero-order valence-electron chi connectivity index (χ0n) is 14.3. The maximum absolute atomic E-state index is 12.8. The van der Waals surface area contributed by atoms with Crippen molar-refractivity contribution in [2.24, 2.45) is 28.9 Å². The smallest absolute Gasteiger partial charge is 0.223 e. The first-order valence-electron chi connectivity index (χ1n) is 8.92. The minimum atomic E-state index is 0.000570. The zero-order chi connectivity index (χ0) is 15.6. The number of rotatable bonds is 3. The molecule has 5 atom stereocenters. The second kappa shape index (κ2) is 6.68. The highest BCUT2D eigenvalue weighted by Crippen LogP contribution is 2.44. The Morgan fingerprint density at radius 1 is 1.24 bits per heavy atom.